The Morgan fingerprint density at radius 2 is 1.82 bits per heavy atom. The fourth-order valence-corrected chi connectivity index (χ4v) is 6.34. The Balaban J connectivity index is 1.35. The Labute approximate surface area is 195 Å². The minimum absolute atomic E-state index is 0.0392. The quantitative estimate of drug-likeness (QED) is 0.637. The van der Waals surface area contributed by atoms with Crippen LogP contribution in [0.3, 0.4) is 0 Å². The van der Waals surface area contributed by atoms with Crippen molar-refractivity contribution in [3.8, 4) is 0 Å². The molecular formula is C23H32FN5O3S. The first kappa shape index (κ1) is 23.8. The van der Waals surface area contributed by atoms with Gasteiger partial charge >= 0.3 is 0 Å². The molecule has 1 amide bonds. The molecule has 3 heterocycles. The van der Waals surface area contributed by atoms with Gasteiger partial charge in [-0.15, -0.1) is 0 Å². The van der Waals surface area contributed by atoms with E-state index < -0.39 is 10.0 Å². The lowest BCUT2D eigenvalue weighted by atomic mass is 9.97. The van der Waals surface area contributed by atoms with Gasteiger partial charge in [-0.2, -0.15) is 9.40 Å². The minimum Gasteiger partial charge on any atom is -0.340 e. The summed E-state index contributed by atoms with van der Waals surface area (Å²) < 4.78 is 42.7. The summed E-state index contributed by atoms with van der Waals surface area (Å²) in [5, 5.41) is 4.27. The van der Waals surface area contributed by atoms with E-state index >= 15 is 0 Å². The van der Waals surface area contributed by atoms with Gasteiger partial charge in [0.2, 0.25) is 15.9 Å². The van der Waals surface area contributed by atoms with E-state index in [1.807, 2.05) is 11.8 Å². The monoisotopic (exact) mass is 477 g/mol. The summed E-state index contributed by atoms with van der Waals surface area (Å²) in [6.45, 7) is 8.31. The van der Waals surface area contributed by atoms with Gasteiger partial charge in [-0.3, -0.25) is 14.4 Å². The summed E-state index contributed by atoms with van der Waals surface area (Å²) in [6.07, 6.45) is 2.95. The van der Waals surface area contributed by atoms with Crippen molar-refractivity contribution < 1.29 is 17.6 Å². The van der Waals surface area contributed by atoms with E-state index in [0.29, 0.717) is 44.7 Å². The fourth-order valence-electron chi connectivity index (χ4n) is 4.65. The van der Waals surface area contributed by atoms with Crippen molar-refractivity contribution in [1.82, 2.24) is 23.9 Å². The number of aromatic nitrogens is 2. The summed E-state index contributed by atoms with van der Waals surface area (Å²) in [7, 11) is -3.68. The van der Waals surface area contributed by atoms with Crippen molar-refractivity contribution in [3.63, 3.8) is 0 Å². The zero-order valence-electron chi connectivity index (χ0n) is 19.3. The maximum Gasteiger partial charge on any atom is 0.246 e. The maximum absolute atomic E-state index is 13.2. The molecule has 2 fully saturated rings. The molecule has 0 N–H and O–H groups in total. The van der Waals surface area contributed by atoms with Crippen LogP contribution < -0.4 is 0 Å². The Kier molecular flexibility index (Phi) is 7.16. The van der Waals surface area contributed by atoms with Crippen molar-refractivity contribution in [1.29, 1.82) is 0 Å². The number of piperazine rings is 1. The first-order valence-electron chi connectivity index (χ1n) is 11.6. The number of hydrogen-bond acceptors (Lipinski definition) is 5. The number of carbonyl (C=O) groups excluding carboxylic acids is 1. The van der Waals surface area contributed by atoms with Crippen LogP contribution in [0.15, 0.2) is 35.4 Å². The molecule has 0 saturated carbocycles. The molecule has 1 aromatic heterocycles. The zero-order valence-corrected chi connectivity index (χ0v) is 20.1. The van der Waals surface area contributed by atoms with Gasteiger partial charge in [0.15, 0.2) is 0 Å². The number of rotatable bonds is 6. The largest absolute Gasteiger partial charge is 0.340 e. The average Bonchev–Trinajstić information content (AvgIpc) is 3.22. The standard InChI is InChI=1S/C23H32FN5O3S/c1-3-28-17-22(18(2)25-28)33(31,32)29-10-4-5-20(16-29)23(30)27-13-11-26(12-14-27)15-19-6-8-21(24)9-7-19/h6-9,17,20H,3-5,10-16H2,1-2H3. The number of sulfonamides is 1. The molecule has 0 aliphatic carbocycles. The van der Waals surface area contributed by atoms with Gasteiger partial charge < -0.3 is 4.90 Å². The third-order valence-corrected chi connectivity index (χ3v) is 8.55. The SMILES string of the molecule is CCn1cc(S(=O)(=O)N2CCCC(C(=O)N3CCN(Cc4ccc(F)cc4)CC3)C2)c(C)n1. The van der Waals surface area contributed by atoms with Crippen LogP contribution in [0.4, 0.5) is 4.39 Å². The normalized spacial score (nSPS) is 20.8. The van der Waals surface area contributed by atoms with Crippen LogP contribution >= 0.6 is 0 Å². The number of aryl methyl sites for hydroxylation is 2. The van der Waals surface area contributed by atoms with Crippen LogP contribution in [0, 0.1) is 18.7 Å². The molecule has 2 aliphatic heterocycles. The number of amides is 1. The van der Waals surface area contributed by atoms with E-state index in [1.165, 1.54) is 16.4 Å². The third kappa shape index (κ3) is 5.28. The molecule has 0 radical (unpaired) electrons. The van der Waals surface area contributed by atoms with Gasteiger partial charge in [-0.25, -0.2) is 12.8 Å². The van der Waals surface area contributed by atoms with Crippen molar-refractivity contribution in [2.75, 3.05) is 39.3 Å². The van der Waals surface area contributed by atoms with Crippen LogP contribution in [0.25, 0.3) is 0 Å². The number of benzene rings is 1. The second-order valence-electron chi connectivity index (χ2n) is 8.86. The van der Waals surface area contributed by atoms with Gasteiger partial charge in [0.1, 0.15) is 10.7 Å². The molecule has 2 saturated heterocycles. The molecule has 1 atom stereocenters. The molecule has 1 unspecified atom stereocenters. The molecule has 180 valence electrons. The highest BCUT2D eigenvalue weighted by Crippen LogP contribution is 2.27. The third-order valence-electron chi connectivity index (χ3n) is 6.58. The zero-order chi connectivity index (χ0) is 23.6. The molecule has 8 nitrogen and oxygen atoms in total. The molecule has 2 aromatic rings. The summed E-state index contributed by atoms with van der Waals surface area (Å²) in [5.41, 5.74) is 1.54. The fraction of sp³-hybridized carbons (Fsp3) is 0.565. The molecule has 0 spiro atoms. The van der Waals surface area contributed by atoms with Gasteiger partial charge in [0.05, 0.1) is 11.6 Å². The molecule has 1 aromatic carbocycles. The average molecular weight is 478 g/mol. The lowest BCUT2D eigenvalue weighted by Crippen LogP contribution is -2.52. The highest BCUT2D eigenvalue weighted by molar-refractivity contribution is 7.89. The van der Waals surface area contributed by atoms with Gasteiger partial charge in [0, 0.05) is 58.6 Å². The number of halogens is 1. The second-order valence-corrected chi connectivity index (χ2v) is 10.8. The van der Waals surface area contributed by atoms with E-state index in [-0.39, 0.29) is 29.1 Å². The second kappa shape index (κ2) is 9.90. The molecule has 33 heavy (non-hydrogen) atoms. The van der Waals surface area contributed by atoms with E-state index in [9.17, 15) is 17.6 Å². The van der Waals surface area contributed by atoms with Crippen molar-refractivity contribution >= 4 is 15.9 Å². The van der Waals surface area contributed by atoms with Gasteiger partial charge in [-0.05, 0) is 44.4 Å². The maximum atomic E-state index is 13.2. The van der Waals surface area contributed by atoms with Crippen molar-refractivity contribution in [2.24, 2.45) is 5.92 Å². The Bertz CT molecular complexity index is 1080. The van der Waals surface area contributed by atoms with Crippen LogP contribution in [0.2, 0.25) is 0 Å². The molecule has 0 bridgehead atoms. The van der Waals surface area contributed by atoms with Gasteiger partial charge in [0.25, 0.3) is 0 Å². The van der Waals surface area contributed by atoms with Crippen LogP contribution in [0.5, 0.6) is 0 Å². The van der Waals surface area contributed by atoms with Crippen LogP contribution in [-0.4, -0.2) is 77.5 Å². The van der Waals surface area contributed by atoms with E-state index in [0.717, 1.165) is 25.2 Å². The van der Waals surface area contributed by atoms with Gasteiger partial charge in [-0.1, -0.05) is 12.1 Å². The van der Waals surface area contributed by atoms with E-state index in [2.05, 4.69) is 10.00 Å². The summed E-state index contributed by atoms with van der Waals surface area (Å²) >= 11 is 0. The van der Waals surface area contributed by atoms with Crippen LogP contribution in [0.1, 0.15) is 31.0 Å². The Morgan fingerprint density at radius 3 is 2.45 bits per heavy atom. The number of piperidine rings is 1. The topological polar surface area (TPSA) is 78.8 Å². The highest BCUT2D eigenvalue weighted by Gasteiger charge is 2.37. The lowest BCUT2D eigenvalue weighted by Gasteiger charge is -2.38. The number of hydrogen-bond donors (Lipinski definition) is 0. The predicted octanol–water partition coefficient (Wildman–Crippen LogP) is 2.10. The lowest BCUT2D eigenvalue weighted by molar-refractivity contribution is -0.138. The Hall–Kier alpha value is -2.30. The van der Waals surface area contributed by atoms with Crippen molar-refractivity contribution in [2.45, 2.75) is 44.7 Å². The Morgan fingerprint density at radius 1 is 1.12 bits per heavy atom. The first-order valence-corrected chi connectivity index (χ1v) is 13.0. The molecular weight excluding hydrogens is 445 g/mol. The molecule has 4 rings (SSSR count). The smallest absolute Gasteiger partial charge is 0.246 e. The number of nitrogens with zero attached hydrogens (tertiary/aromatic N) is 5. The minimum atomic E-state index is -3.68. The summed E-state index contributed by atoms with van der Waals surface area (Å²) in [6, 6.07) is 6.51. The van der Waals surface area contributed by atoms with E-state index in [4.69, 9.17) is 0 Å². The molecule has 10 heteroatoms. The summed E-state index contributed by atoms with van der Waals surface area (Å²) in [5.74, 6) is -0.525. The number of carbonyl (C=O) groups is 1. The highest BCUT2D eigenvalue weighted by atomic mass is 32.2. The molecule has 2 aliphatic rings. The predicted molar refractivity (Wildman–Crippen MR) is 122 cm³/mol. The first-order chi connectivity index (χ1) is 15.8. The van der Waals surface area contributed by atoms with E-state index in [1.54, 1.807) is 29.9 Å². The van der Waals surface area contributed by atoms with Crippen LogP contribution in [-0.2, 0) is 27.9 Å². The summed E-state index contributed by atoms with van der Waals surface area (Å²) in [4.78, 5) is 17.6. The van der Waals surface area contributed by atoms with Crippen molar-refractivity contribution in [3.05, 3.63) is 47.5 Å².